The molecule has 1 aliphatic rings. The van der Waals surface area contributed by atoms with Gasteiger partial charge in [-0.25, -0.2) is 0 Å². The van der Waals surface area contributed by atoms with Crippen LogP contribution in [0.4, 0.5) is 0 Å². The van der Waals surface area contributed by atoms with Gasteiger partial charge in [-0.3, -0.25) is 4.90 Å². The van der Waals surface area contributed by atoms with E-state index in [9.17, 15) is 0 Å². The van der Waals surface area contributed by atoms with Crippen molar-refractivity contribution in [2.75, 3.05) is 39.4 Å². The Morgan fingerprint density at radius 3 is 2.77 bits per heavy atom. The van der Waals surface area contributed by atoms with E-state index in [0.29, 0.717) is 6.54 Å². The normalized spacial score (nSPS) is 18.2. The molecule has 0 N–H and O–H groups in total. The number of hydrogen-bond donors (Lipinski definition) is 0. The van der Waals surface area contributed by atoms with E-state index in [1.54, 1.807) is 0 Å². The number of unbranched alkanes of at least 4 members (excludes halogenated alkanes) is 1. The molecule has 0 aliphatic carbocycles. The molecule has 1 heterocycles. The van der Waals surface area contributed by atoms with E-state index in [4.69, 9.17) is 10.3 Å². The molecule has 5 nitrogen and oxygen atoms in total. The molecule has 0 radical (unpaired) electrons. The highest BCUT2D eigenvalue weighted by Crippen LogP contribution is 1.99. The van der Waals surface area contributed by atoms with Gasteiger partial charge < -0.3 is 4.74 Å². The number of morpholine rings is 1. The van der Waals surface area contributed by atoms with Gasteiger partial charge in [-0.1, -0.05) is 5.11 Å². The van der Waals surface area contributed by atoms with Crippen LogP contribution >= 0.6 is 0 Å². The van der Waals surface area contributed by atoms with Gasteiger partial charge in [0.05, 0.1) is 13.2 Å². The fourth-order valence-corrected chi connectivity index (χ4v) is 1.39. The van der Waals surface area contributed by atoms with Crippen LogP contribution in [0.3, 0.4) is 0 Å². The first-order valence-corrected chi connectivity index (χ1v) is 4.74. The summed E-state index contributed by atoms with van der Waals surface area (Å²) in [6.45, 7) is 5.53. The first-order valence-electron chi connectivity index (χ1n) is 4.74. The monoisotopic (exact) mass is 184 g/mol. The number of rotatable bonds is 5. The second-order valence-electron chi connectivity index (χ2n) is 3.12. The average molecular weight is 184 g/mol. The highest BCUT2D eigenvalue weighted by atomic mass is 16.5. The minimum Gasteiger partial charge on any atom is -0.379 e. The lowest BCUT2D eigenvalue weighted by atomic mass is 10.3. The standard InChI is InChI=1S/C8H16N4O/c9-11-10-3-1-2-4-12-5-7-13-8-6-12/h1-8H2. The second kappa shape index (κ2) is 6.71. The first-order chi connectivity index (χ1) is 6.43. The Kier molecular flexibility index (Phi) is 5.33. The quantitative estimate of drug-likeness (QED) is 0.281. The lowest BCUT2D eigenvalue weighted by molar-refractivity contribution is 0.0373. The highest BCUT2D eigenvalue weighted by molar-refractivity contribution is 4.61. The Morgan fingerprint density at radius 1 is 1.31 bits per heavy atom. The van der Waals surface area contributed by atoms with Gasteiger partial charge >= 0.3 is 0 Å². The minimum atomic E-state index is 0.626. The van der Waals surface area contributed by atoms with Gasteiger partial charge in [0.1, 0.15) is 0 Å². The molecule has 0 aromatic rings. The Hall–Kier alpha value is -0.770. The zero-order valence-corrected chi connectivity index (χ0v) is 7.85. The van der Waals surface area contributed by atoms with E-state index in [1.165, 1.54) is 0 Å². The molecule has 0 atom stereocenters. The molecule has 1 saturated heterocycles. The van der Waals surface area contributed by atoms with Crippen molar-refractivity contribution in [1.29, 1.82) is 0 Å². The molecule has 5 heteroatoms. The van der Waals surface area contributed by atoms with Gasteiger partial charge in [0.2, 0.25) is 0 Å². The third kappa shape index (κ3) is 4.72. The Balaban J connectivity index is 1.94. The van der Waals surface area contributed by atoms with Crippen LogP contribution < -0.4 is 0 Å². The van der Waals surface area contributed by atoms with Crippen molar-refractivity contribution in [3.05, 3.63) is 10.4 Å². The minimum absolute atomic E-state index is 0.626. The molecule has 1 fully saturated rings. The maximum absolute atomic E-state index is 8.05. The zero-order valence-electron chi connectivity index (χ0n) is 7.85. The lowest BCUT2D eigenvalue weighted by Crippen LogP contribution is -2.36. The highest BCUT2D eigenvalue weighted by Gasteiger charge is 2.08. The van der Waals surface area contributed by atoms with Crippen LogP contribution in [-0.4, -0.2) is 44.3 Å². The van der Waals surface area contributed by atoms with Crippen LogP contribution in [-0.2, 0) is 4.74 Å². The largest absolute Gasteiger partial charge is 0.379 e. The van der Waals surface area contributed by atoms with E-state index in [-0.39, 0.29) is 0 Å². The van der Waals surface area contributed by atoms with Crippen molar-refractivity contribution < 1.29 is 4.74 Å². The molecule has 13 heavy (non-hydrogen) atoms. The van der Waals surface area contributed by atoms with Crippen LogP contribution in [0.5, 0.6) is 0 Å². The summed E-state index contributed by atoms with van der Waals surface area (Å²) < 4.78 is 5.24. The predicted molar refractivity (Wildman–Crippen MR) is 50.5 cm³/mol. The molecular weight excluding hydrogens is 168 g/mol. The molecule has 0 aromatic heterocycles. The number of nitrogens with zero attached hydrogens (tertiary/aromatic N) is 4. The van der Waals surface area contributed by atoms with E-state index in [2.05, 4.69) is 14.9 Å². The van der Waals surface area contributed by atoms with E-state index in [1.807, 2.05) is 0 Å². The second-order valence-corrected chi connectivity index (χ2v) is 3.12. The summed E-state index contributed by atoms with van der Waals surface area (Å²) in [4.78, 5) is 5.10. The Bertz CT molecular complexity index is 173. The molecule has 0 bridgehead atoms. The van der Waals surface area contributed by atoms with Crippen molar-refractivity contribution in [1.82, 2.24) is 4.90 Å². The average Bonchev–Trinajstić information content (AvgIpc) is 2.19. The zero-order chi connectivity index (χ0) is 9.36. The van der Waals surface area contributed by atoms with Crippen molar-refractivity contribution >= 4 is 0 Å². The van der Waals surface area contributed by atoms with Gasteiger partial charge in [0.15, 0.2) is 0 Å². The van der Waals surface area contributed by atoms with Crippen LogP contribution in [0.25, 0.3) is 10.4 Å². The molecule has 1 rings (SSSR count). The third-order valence-electron chi connectivity index (χ3n) is 2.15. The van der Waals surface area contributed by atoms with Crippen LogP contribution in [0.1, 0.15) is 12.8 Å². The fraction of sp³-hybridized carbons (Fsp3) is 1.00. The topological polar surface area (TPSA) is 61.2 Å². The molecule has 0 saturated carbocycles. The van der Waals surface area contributed by atoms with Crippen LogP contribution in [0.15, 0.2) is 5.11 Å². The SMILES string of the molecule is [N-]=[N+]=NCCCCN1CCOCC1. The smallest absolute Gasteiger partial charge is 0.0594 e. The maximum Gasteiger partial charge on any atom is 0.0594 e. The molecule has 1 aliphatic heterocycles. The van der Waals surface area contributed by atoms with Crippen molar-refractivity contribution in [3.8, 4) is 0 Å². The molecule has 0 unspecified atom stereocenters. The summed E-state index contributed by atoms with van der Waals surface area (Å²) in [5, 5.41) is 3.49. The van der Waals surface area contributed by atoms with Gasteiger partial charge in [-0.05, 0) is 24.9 Å². The Morgan fingerprint density at radius 2 is 2.08 bits per heavy atom. The Labute approximate surface area is 78.3 Å². The molecular formula is C8H16N4O. The van der Waals surface area contributed by atoms with E-state index >= 15 is 0 Å². The molecule has 0 amide bonds. The lowest BCUT2D eigenvalue weighted by Gasteiger charge is -2.26. The fourth-order valence-electron chi connectivity index (χ4n) is 1.39. The first kappa shape index (κ1) is 10.3. The molecule has 74 valence electrons. The van der Waals surface area contributed by atoms with Gasteiger partial charge in [0.25, 0.3) is 0 Å². The summed E-state index contributed by atoms with van der Waals surface area (Å²) >= 11 is 0. The van der Waals surface area contributed by atoms with Gasteiger partial charge in [-0.15, -0.1) is 0 Å². The maximum atomic E-state index is 8.05. The number of ether oxygens (including phenoxy) is 1. The summed E-state index contributed by atoms with van der Waals surface area (Å²) in [5.41, 5.74) is 8.05. The molecule has 0 aromatic carbocycles. The summed E-state index contributed by atoms with van der Waals surface area (Å²) in [6.07, 6.45) is 2.10. The van der Waals surface area contributed by atoms with Gasteiger partial charge in [-0.2, -0.15) is 0 Å². The molecule has 0 spiro atoms. The van der Waals surface area contributed by atoms with Crippen molar-refractivity contribution in [2.45, 2.75) is 12.8 Å². The predicted octanol–water partition coefficient (Wildman–Crippen LogP) is 1.41. The third-order valence-corrected chi connectivity index (χ3v) is 2.15. The van der Waals surface area contributed by atoms with Crippen LogP contribution in [0, 0.1) is 0 Å². The van der Waals surface area contributed by atoms with Crippen molar-refractivity contribution in [2.24, 2.45) is 5.11 Å². The number of azide groups is 1. The van der Waals surface area contributed by atoms with Crippen LogP contribution in [0.2, 0.25) is 0 Å². The van der Waals surface area contributed by atoms with Crippen molar-refractivity contribution in [3.63, 3.8) is 0 Å². The summed E-state index contributed by atoms with van der Waals surface area (Å²) in [5.74, 6) is 0. The summed E-state index contributed by atoms with van der Waals surface area (Å²) in [7, 11) is 0. The van der Waals surface area contributed by atoms with E-state index in [0.717, 1.165) is 45.7 Å². The van der Waals surface area contributed by atoms with Gasteiger partial charge in [0, 0.05) is 24.5 Å². The van der Waals surface area contributed by atoms with E-state index < -0.39 is 0 Å². The number of hydrogen-bond acceptors (Lipinski definition) is 3. The summed E-state index contributed by atoms with van der Waals surface area (Å²) in [6, 6.07) is 0.